The van der Waals surface area contributed by atoms with E-state index in [0.717, 1.165) is 0 Å². The fourth-order valence-corrected chi connectivity index (χ4v) is 2.42. The summed E-state index contributed by atoms with van der Waals surface area (Å²) in [5, 5.41) is 21.6. The van der Waals surface area contributed by atoms with Gasteiger partial charge in [0.1, 0.15) is 6.54 Å². The van der Waals surface area contributed by atoms with E-state index in [-0.39, 0.29) is 17.1 Å². The molecule has 3 unspecified atom stereocenters. The fraction of sp³-hybridized carbons (Fsp3) is 0.500. The van der Waals surface area contributed by atoms with Crippen LogP contribution < -0.4 is 5.69 Å². The smallest absolute Gasteiger partial charge is 0.416 e. The molecule has 1 aliphatic carbocycles. The molecule has 0 aromatic carbocycles. The van der Waals surface area contributed by atoms with Crippen molar-refractivity contribution in [3.05, 3.63) is 34.5 Å². The van der Waals surface area contributed by atoms with Gasteiger partial charge in [-0.1, -0.05) is 25.2 Å². The fourth-order valence-electron chi connectivity index (χ4n) is 2.28. The molecule has 0 saturated heterocycles. The van der Waals surface area contributed by atoms with Crippen molar-refractivity contribution in [2.45, 2.75) is 37.7 Å². The summed E-state index contributed by atoms with van der Waals surface area (Å²) in [5.74, 6) is -1.72. The Labute approximate surface area is 144 Å². The van der Waals surface area contributed by atoms with Gasteiger partial charge in [-0.2, -0.15) is 13.2 Å². The maximum atomic E-state index is 12.6. The zero-order valence-corrected chi connectivity index (χ0v) is 13.7. The van der Waals surface area contributed by atoms with Gasteiger partial charge in [-0.15, -0.1) is 16.7 Å². The van der Waals surface area contributed by atoms with Crippen LogP contribution in [-0.4, -0.2) is 48.2 Å². The molecule has 7 nitrogen and oxygen atoms in total. The predicted molar refractivity (Wildman–Crippen MR) is 82.1 cm³/mol. The van der Waals surface area contributed by atoms with Crippen molar-refractivity contribution in [1.29, 1.82) is 0 Å². The Bertz CT molecular complexity index is 781. The van der Waals surface area contributed by atoms with Gasteiger partial charge in [0.2, 0.25) is 0 Å². The quantitative estimate of drug-likeness (QED) is 0.748. The van der Waals surface area contributed by atoms with Crippen LogP contribution in [0, 0.1) is 5.92 Å². The van der Waals surface area contributed by atoms with Crippen molar-refractivity contribution >= 4 is 23.1 Å². The lowest BCUT2D eigenvalue weighted by Gasteiger charge is -2.19. The molecule has 1 aliphatic rings. The number of hydrogen-bond acceptors (Lipinski definition) is 4. The number of nitrogens with zero attached hydrogens (tertiary/aromatic N) is 3. The number of carboxylic acids is 1. The van der Waals surface area contributed by atoms with E-state index in [0.29, 0.717) is 14.8 Å². The average molecular weight is 382 g/mol. The largest absolute Gasteiger partial charge is 0.480 e. The van der Waals surface area contributed by atoms with E-state index >= 15 is 0 Å². The Morgan fingerprint density at radius 3 is 2.64 bits per heavy atom. The number of allylic oxidation sites excluding steroid dienone is 4. The summed E-state index contributed by atoms with van der Waals surface area (Å²) in [6, 6.07) is 0. The number of alkyl halides is 4. The molecule has 2 rings (SSSR count). The monoisotopic (exact) mass is 381 g/mol. The number of rotatable bonds is 5. The molecule has 0 fully saturated rings. The molecule has 0 spiro atoms. The first-order valence-corrected chi connectivity index (χ1v) is 7.63. The van der Waals surface area contributed by atoms with Crippen molar-refractivity contribution in [3.8, 4) is 0 Å². The minimum Gasteiger partial charge on any atom is -0.480 e. The van der Waals surface area contributed by atoms with Gasteiger partial charge in [0, 0.05) is 5.57 Å². The molecular formula is C14H15ClF3N3O4. The van der Waals surface area contributed by atoms with E-state index in [1.807, 2.05) is 0 Å². The SMILES string of the molecule is CC1C=C(c2nn(CC(=O)O)c(=O)n2CC(O)C(F)(F)F)C=CC1Cl. The van der Waals surface area contributed by atoms with Crippen molar-refractivity contribution in [2.75, 3.05) is 0 Å². The standard InChI is InChI=1S/C14H15ClF3N3O4/c1-7-4-8(2-3-9(7)15)12-19-21(6-11(23)24)13(25)20(12)5-10(22)14(16,17)18/h2-4,7,9-10,22H,5-6H2,1H3,(H,23,24). The van der Waals surface area contributed by atoms with Crippen LogP contribution >= 0.6 is 11.6 Å². The van der Waals surface area contributed by atoms with Crippen LogP contribution in [0.3, 0.4) is 0 Å². The lowest BCUT2D eigenvalue weighted by atomic mass is 9.97. The summed E-state index contributed by atoms with van der Waals surface area (Å²) >= 11 is 6.02. The number of carbonyl (C=O) groups is 1. The summed E-state index contributed by atoms with van der Waals surface area (Å²) in [6.45, 7) is -0.144. The van der Waals surface area contributed by atoms with Crippen LogP contribution in [0.5, 0.6) is 0 Å². The predicted octanol–water partition coefficient (Wildman–Crippen LogP) is 1.25. The van der Waals surface area contributed by atoms with E-state index in [1.165, 1.54) is 6.08 Å². The number of aliphatic hydroxyl groups excluding tert-OH is 1. The minimum absolute atomic E-state index is 0.166. The molecule has 2 N–H and O–H groups in total. The maximum absolute atomic E-state index is 12.6. The van der Waals surface area contributed by atoms with Gasteiger partial charge < -0.3 is 10.2 Å². The van der Waals surface area contributed by atoms with Crippen LogP contribution in [0.4, 0.5) is 13.2 Å². The van der Waals surface area contributed by atoms with Crippen molar-refractivity contribution in [2.24, 2.45) is 5.92 Å². The average Bonchev–Trinajstić information content (AvgIpc) is 2.78. The molecule has 1 heterocycles. The molecule has 1 aromatic heterocycles. The van der Waals surface area contributed by atoms with Gasteiger partial charge in [-0.3, -0.25) is 9.36 Å². The summed E-state index contributed by atoms with van der Waals surface area (Å²) in [4.78, 5) is 23.0. The normalized spacial score (nSPS) is 21.9. The Balaban J connectivity index is 2.50. The number of halogens is 4. The van der Waals surface area contributed by atoms with Gasteiger partial charge in [0.05, 0.1) is 11.9 Å². The number of aromatic nitrogens is 3. The first kappa shape index (κ1) is 19.3. The van der Waals surface area contributed by atoms with E-state index < -0.39 is 37.0 Å². The molecule has 0 bridgehead atoms. The van der Waals surface area contributed by atoms with Crippen LogP contribution in [0.1, 0.15) is 12.7 Å². The topological polar surface area (TPSA) is 97.4 Å². The van der Waals surface area contributed by atoms with Crippen LogP contribution in [0.25, 0.3) is 5.57 Å². The highest BCUT2D eigenvalue weighted by atomic mass is 35.5. The molecule has 11 heteroatoms. The Morgan fingerprint density at radius 2 is 2.12 bits per heavy atom. The summed E-state index contributed by atoms with van der Waals surface area (Å²) < 4.78 is 39.1. The second kappa shape index (κ2) is 7.04. The second-order valence-electron chi connectivity index (χ2n) is 5.61. The highest BCUT2D eigenvalue weighted by Crippen LogP contribution is 2.27. The maximum Gasteiger partial charge on any atom is 0.416 e. The Kier molecular flexibility index (Phi) is 5.43. The molecule has 25 heavy (non-hydrogen) atoms. The molecule has 0 aliphatic heterocycles. The molecule has 0 radical (unpaired) electrons. The van der Waals surface area contributed by atoms with E-state index in [2.05, 4.69) is 5.10 Å². The number of hydrogen-bond donors (Lipinski definition) is 2. The molecule has 0 amide bonds. The van der Waals surface area contributed by atoms with E-state index in [9.17, 15) is 27.9 Å². The highest BCUT2D eigenvalue weighted by molar-refractivity contribution is 6.22. The molecule has 1 aromatic rings. The first-order chi connectivity index (χ1) is 11.5. The Hall–Kier alpha value is -2.07. The van der Waals surface area contributed by atoms with Gasteiger partial charge in [-0.25, -0.2) is 9.48 Å². The third kappa shape index (κ3) is 4.31. The number of aliphatic carboxylic acids is 1. The Morgan fingerprint density at radius 1 is 1.48 bits per heavy atom. The first-order valence-electron chi connectivity index (χ1n) is 7.19. The molecule has 138 valence electrons. The van der Waals surface area contributed by atoms with E-state index in [1.54, 1.807) is 19.1 Å². The van der Waals surface area contributed by atoms with Crippen LogP contribution in [0.15, 0.2) is 23.0 Å². The minimum atomic E-state index is -4.93. The summed E-state index contributed by atoms with van der Waals surface area (Å²) in [6.07, 6.45) is -3.04. The third-order valence-corrected chi connectivity index (χ3v) is 4.15. The third-order valence-electron chi connectivity index (χ3n) is 3.60. The lowest BCUT2D eigenvalue weighted by molar-refractivity contribution is -0.207. The zero-order valence-electron chi connectivity index (χ0n) is 12.9. The zero-order chi connectivity index (χ0) is 18.9. The summed E-state index contributed by atoms with van der Waals surface area (Å²) in [7, 11) is 0. The van der Waals surface area contributed by atoms with Crippen molar-refractivity contribution in [1.82, 2.24) is 14.3 Å². The number of carboxylic acid groups (broad SMARTS) is 1. The van der Waals surface area contributed by atoms with Gasteiger partial charge in [-0.05, 0) is 5.92 Å². The van der Waals surface area contributed by atoms with E-state index in [4.69, 9.17) is 16.7 Å². The van der Waals surface area contributed by atoms with Gasteiger partial charge >= 0.3 is 17.8 Å². The molecular weight excluding hydrogens is 367 g/mol. The van der Waals surface area contributed by atoms with Crippen molar-refractivity contribution < 1.29 is 28.2 Å². The molecule has 0 saturated carbocycles. The van der Waals surface area contributed by atoms with Gasteiger partial charge in [0.25, 0.3) is 0 Å². The van der Waals surface area contributed by atoms with Gasteiger partial charge in [0.15, 0.2) is 11.9 Å². The highest BCUT2D eigenvalue weighted by Gasteiger charge is 2.39. The van der Waals surface area contributed by atoms with Crippen molar-refractivity contribution in [3.63, 3.8) is 0 Å². The molecule has 3 atom stereocenters. The van der Waals surface area contributed by atoms with Crippen LogP contribution in [0.2, 0.25) is 0 Å². The number of aliphatic hydroxyl groups is 1. The lowest BCUT2D eigenvalue weighted by Crippen LogP contribution is -2.37. The van der Waals surface area contributed by atoms with Crippen LogP contribution in [-0.2, 0) is 17.9 Å². The summed E-state index contributed by atoms with van der Waals surface area (Å²) in [5.41, 5.74) is -0.740. The second-order valence-corrected chi connectivity index (χ2v) is 6.11.